The third-order valence-corrected chi connectivity index (χ3v) is 8.09. The molecule has 3 saturated heterocycles. The highest BCUT2D eigenvalue weighted by molar-refractivity contribution is 5.91. The number of carbonyl (C=O) groups excluding carboxylic acids is 2. The number of rotatable bonds is 7. The van der Waals surface area contributed by atoms with E-state index in [1.807, 2.05) is 30.3 Å². The van der Waals surface area contributed by atoms with Crippen LogP contribution in [0.4, 0.5) is 5.69 Å². The summed E-state index contributed by atoms with van der Waals surface area (Å²) in [6, 6.07) is 9.24. The lowest BCUT2D eigenvalue weighted by Crippen LogP contribution is -2.66. The zero-order valence-electron chi connectivity index (χ0n) is 19.4. The van der Waals surface area contributed by atoms with Crippen molar-refractivity contribution in [3.05, 3.63) is 54.6 Å². The summed E-state index contributed by atoms with van der Waals surface area (Å²) in [5.74, 6) is -0.482. The fourth-order valence-corrected chi connectivity index (χ4v) is 6.23. The van der Waals surface area contributed by atoms with Gasteiger partial charge in [-0.25, -0.2) is 14.8 Å². The molecule has 4 aliphatic rings. The highest BCUT2D eigenvalue weighted by Gasteiger charge is 2.53. The predicted octanol–water partition coefficient (Wildman–Crippen LogP) is 2.65. The number of anilines is 1. The summed E-state index contributed by atoms with van der Waals surface area (Å²) >= 11 is 0. The molecule has 2 atom stereocenters. The van der Waals surface area contributed by atoms with Crippen molar-refractivity contribution < 1.29 is 23.9 Å². The maximum atomic E-state index is 13.6. The van der Waals surface area contributed by atoms with Crippen molar-refractivity contribution in [3.8, 4) is 0 Å². The number of hydrogen-bond donors (Lipinski definition) is 2. The third-order valence-electron chi connectivity index (χ3n) is 8.09. The van der Waals surface area contributed by atoms with Crippen LogP contribution in [0.2, 0.25) is 0 Å². The smallest absolute Gasteiger partial charge is 0.343 e. The Hall–Kier alpha value is -2.84. The highest BCUT2D eigenvalue weighted by atomic mass is 16.6. The molecule has 1 saturated carbocycles. The van der Waals surface area contributed by atoms with Gasteiger partial charge in [-0.15, -0.1) is 0 Å². The molecule has 1 unspecified atom stereocenters. The van der Waals surface area contributed by atoms with Crippen molar-refractivity contribution >= 4 is 17.6 Å². The Balaban J connectivity index is 1.30. The van der Waals surface area contributed by atoms with Crippen molar-refractivity contribution in [2.24, 2.45) is 11.8 Å². The van der Waals surface area contributed by atoms with Crippen LogP contribution in [0, 0.1) is 11.8 Å². The molecule has 34 heavy (non-hydrogen) atoms. The molecule has 1 aromatic carbocycles. The SMILES string of the molecule is O=C(C[N+]12CCC(CC1)[C@@H](OC(=O)C(O)(c1ccccc1)C1CCCC1)C2)Nc1cncnc1. The molecule has 0 spiro atoms. The van der Waals surface area contributed by atoms with Gasteiger partial charge in [-0.3, -0.25) is 4.79 Å². The number of benzene rings is 1. The molecule has 0 radical (unpaired) electrons. The monoisotopic (exact) mass is 465 g/mol. The average Bonchev–Trinajstić information content (AvgIpc) is 3.40. The van der Waals surface area contributed by atoms with Gasteiger partial charge in [0.05, 0.1) is 31.2 Å². The lowest BCUT2D eigenvalue weighted by molar-refractivity contribution is -0.939. The summed E-state index contributed by atoms with van der Waals surface area (Å²) in [6.07, 6.45) is 9.77. The quantitative estimate of drug-likeness (QED) is 0.482. The first-order valence-electron chi connectivity index (χ1n) is 12.4. The van der Waals surface area contributed by atoms with E-state index in [4.69, 9.17) is 4.74 Å². The van der Waals surface area contributed by atoms with E-state index in [0.717, 1.165) is 51.6 Å². The molecule has 1 amide bonds. The molecule has 2 bridgehead atoms. The number of esters is 1. The van der Waals surface area contributed by atoms with Crippen molar-refractivity contribution in [3.63, 3.8) is 0 Å². The second kappa shape index (κ2) is 9.43. The highest BCUT2D eigenvalue weighted by Crippen LogP contribution is 2.43. The predicted molar refractivity (Wildman–Crippen MR) is 125 cm³/mol. The molecule has 6 rings (SSSR count). The number of piperidine rings is 3. The van der Waals surface area contributed by atoms with E-state index < -0.39 is 11.6 Å². The molecule has 2 aromatic rings. The number of ether oxygens (including phenoxy) is 1. The van der Waals surface area contributed by atoms with Gasteiger partial charge in [0.2, 0.25) is 0 Å². The number of nitrogens with one attached hydrogen (secondary N) is 1. The van der Waals surface area contributed by atoms with Gasteiger partial charge in [-0.2, -0.15) is 0 Å². The van der Waals surface area contributed by atoms with Crippen LogP contribution in [-0.2, 0) is 19.9 Å². The summed E-state index contributed by atoms with van der Waals surface area (Å²) in [6.45, 7) is 2.71. The van der Waals surface area contributed by atoms with Crippen molar-refractivity contribution in [2.75, 3.05) is 31.5 Å². The Morgan fingerprint density at radius 3 is 2.41 bits per heavy atom. The molecule has 2 N–H and O–H groups in total. The minimum atomic E-state index is -1.63. The number of aliphatic hydroxyl groups is 1. The fraction of sp³-hybridized carbons (Fsp3) is 0.538. The molecule has 4 heterocycles. The van der Waals surface area contributed by atoms with Crippen molar-refractivity contribution in [1.82, 2.24) is 9.97 Å². The summed E-state index contributed by atoms with van der Waals surface area (Å²) < 4.78 is 6.72. The van der Waals surface area contributed by atoms with Gasteiger partial charge < -0.3 is 19.6 Å². The first-order chi connectivity index (χ1) is 16.5. The number of amides is 1. The normalized spacial score (nSPS) is 28.3. The van der Waals surface area contributed by atoms with Crippen molar-refractivity contribution in [2.45, 2.75) is 50.2 Å². The van der Waals surface area contributed by atoms with Crippen LogP contribution in [0.3, 0.4) is 0 Å². The summed E-state index contributed by atoms with van der Waals surface area (Å²) in [5, 5.41) is 14.6. The number of nitrogens with zero attached hydrogens (tertiary/aromatic N) is 3. The Morgan fingerprint density at radius 1 is 1.06 bits per heavy atom. The fourth-order valence-electron chi connectivity index (χ4n) is 6.23. The van der Waals surface area contributed by atoms with E-state index in [-0.39, 0.29) is 23.8 Å². The van der Waals surface area contributed by atoms with Crippen LogP contribution >= 0.6 is 0 Å². The topological polar surface area (TPSA) is 101 Å². The summed E-state index contributed by atoms with van der Waals surface area (Å²) in [7, 11) is 0. The number of aromatic nitrogens is 2. The van der Waals surface area contributed by atoms with Gasteiger partial charge in [-0.1, -0.05) is 43.2 Å². The Bertz CT molecular complexity index is 1000. The van der Waals surface area contributed by atoms with Crippen molar-refractivity contribution in [1.29, 1.82) is 0 Å². The van der Waals surface area contributed by atoms with Crippen LogP contribution in [0.15, 0.2) is 49.1 Å². The van der Waals surface area contributed by atoms with Gasteiger partial charge in [0.1, 0.15) is 12.9 Å². The zero-order chi connectivity index (χ0) is 23.6. The molecular formula is C26H33N4O4+. The molecule has 8 nitrogen and oxygen atoms in total. The van der Waals surface area contributed by atoms with E-state index in [0.29, 0.717) is 28.8 Å². The van der Waals surface area contributed by atoms with E-state index in [1.54, 1.807) is 12.4 Å². The van der Waals surface area contributed by atoms with Crippen LogP contribution in [0.1, 0.15) is 44.1 Å². The molecule has 180 valence electrons. The first-order valence-corrected chi connectivity index (χ1v) is 12.4. The van der Waals surface area contributed by atoms with Gasteiger partial charge in [-0.05, 0) is 18.4 Å². The maximum Gasteiger partial charge on any atom is 0.343 e. The first kappa shape index (κ1) is 22.9. The molecule has 1 aromatic heterocycles. The number of fused-ring (bicyclic) bond motifs is 3. The standard InChI is InChI=1S/C26H32N4O4/c31-24(29-22-14-27-18-28-15-22)17-30-12-10-19(11-13-30)23(16-30)34-25(32)26(33,21-8-4-5-9-21)20-6-2-1-3-7-20/h1-3,6-7,14-15,18-19,21,23,33H,4-5,8-13,16-17H2/p+1/t19?,23-,26?,30?/m0/s1. The lowest BCUT2D eigenvalue weighted by atomic mass is 9.79. The molecule has 4 fully saturated rings. The summed E-state index contributed by atoms with van der Waals surface area (Å²) in [4.78, 5) is 34.3. The maximum absolute atomic E-state index is 13.6. The molecular weight excluding hydrogens is 432 g/mol. The van der Waals surface area contributed by atoms with Crippen LogP contribution in [0.25, 0.3) is 0 Å². The largest absolute Gasteiger partial charge is 0.454 e. The number of carbonyl (C=O) groups is 2. The second-order valence-corrected chi connectivity index (χ2v) is 10.2. The minimum Gasteiger partial charge on any atom is -0.454 e. The van der Waals surface area contributed by atoms with E-state index in [2.05, 4.69) is 15.3 Å². The van der Waals surface area contributed by atoms with Gasteiger partial charge in [0.15, 0.2) is 18.2 Å². The van der Waals surface area contributed by atoms with Crippen LogP contribution < -0.4 is 5.32 Å². The number of quaternary nitrogens is 1. The van der Waals surface area contributed by atoms with Crippen LogP contribution in [-0.4, -0.2) is 63.7 Å². The van der Waals surface area contributed by atoms with E-state index in [9.17, 15) is 14.7 Å². The van der Waals surface area contributed by atoms with Gasteiger partial charge in [0, 0.05) is 24.7 Å². The lowest BCUT2D eigenvalue weighted by Gasteiger charge is -2.52. The molecule has 3 aliphatic heterocycles. The zero-order valence-corrected chi connectivity index (χ0v) is 19.4. The average molecular weight is 466 g/mol. The third kappa shape index (κ3) is 4.44. The van der Waals surface area contributed by atoms with Gasteiger partial charge >= 0.3 is 5.97 Å². The number of hydrogen-bond acceptors (Lipinski definition) is 6. The Morgan fingerprint density at radius 2 is 1.74 bits per heavy atom. The van der Waals surface area contributed by atoms with E-state index in [1.165, 1.54) is 6.33 Å². The molecule has 8 heteroatoms. The second-order valence-electron chi connectivity index (χ2n) is 10.2. The van der Waals surface area contributed by atoms with Gasteiger partial charge in [0.25, 0.3) is 5.91 Å². The Labute approximate surface area is 199 Å². The van der Waals surface area contributed by atoms with Crippen LogP contribution in [0.5, 0.6) is 0 Å². The Kier molecular flexibility index (Phi) is 6.36. The molecule has 1 aliphatic carbocycles. The minimum absolute atomic E-state index is 0.0908. The summed E-state index contributed by atoms with van der Waals surface area (Å²) in [5.41, 5.74) is -0.439. The van der Waals surface area contributed by atoms with E-state index >= 15 is 0 Å².